The number of carbonyl (C=O) groups excluding carboxylic acids is 1. The van der Waals surface area contributed by atoms with Gasteiger partial charge in [-0.05, 0) is 48.9 Å². The molecule has 0 saturated carbocycles. The molecule has 0 radical (unpaired) electrons. The summed E-state index contributed by atoms with van der Waals surface area (Å²) >= 11 is 0. The zero-order chi connectivity index (χ0) is 21.8. The molecular weight excluding hydrogens is 410 g/mol. The topological polar surface area (TPSA) is 69.7 Å². The molecule has 2 heterocycles. The smallest absolute Gasteiger partial charge is 0.235 e. The summed E-state index contributed by atoms with van der Waals surface area (Å²) in [5.74, 6) is -0.240. The molecule has 6 nitrogen and oxygen atoms in total. The number of nitrogens with one attached hydrogen (secondary N) is 1. The molecule has 2 aliphatic heterocycles. The van der Waals surface area contributed by atoms with Gasteiger partial charge in [0.2, 0.25) is 15.9 Å². The maximum absolute atomic E-state index is 12.9. The van der Waals surface area contributed by atoms with Crippen LogP contribution in [0.15, 0.2) is 55.1 Å². The number of hydrogen-bond donors (Lipinski definition) is 1. The minimum absolute atomic E-state index is 0.0876. The van der Waals surface area contributed by atoms with Crippen LogP contribution in [0.25, 0.3) is 5.57 Å². The highest BCUT2D eigenvalue weighted by Crippen LogP contribution is 2.27. The lowest BCUT2D eigenvalue weighted by molar-refractivity contribution is -0.122. The quantitative estimate of drug-likeness (QED) is 0.660. The lowest BCUT2D eigenvalue weighted by Crippen LogP contribution is -2.52. The number of piperazine rings is 1. The summed E-state index contributed by atoms with van der Waals surface area (Å²) in [6.45, 7) is 6.76. The molecule has 1 aromatic rings. The summed E-state index contributed by atoms with van der Waals surface area (Å²) in [5, 5.41) is 2.06. The molecular formula is C24H31N3O3S. The van der Waals surface area contributed by atoms with Crippen LogP contribution in [0.5, 0.6) is 0 Å². The lowest BCUT2D eigenvalue weighted by Gasteiger charge is -2.29. The summed E-state index contributed by atoms with van der Waals surface area (Å²) < 4.78 is 27.0. The Kier molecular flexibility index (Phi) is 6.74. The van der Waals surface area contributed by atoms with E-state index in [1.165, 1.54) is 22.7 Å². The molecule has 1 aromatic carbocycles. The molecule has 3 aliphatic rings. The third-order valence-corrected chi connectivity index (χ3v) is 8.61. The van der Waals surface area contributed by atoms with E-state index in [0.29, 0.717) is 25.6 Å². The van der Waals surface area contributed by atoms with Gasteiger partial charge in [0.05, 0.1) is 11.8 Å². The molecule has 1 N–H and O–H groups in total. The number of likely N-dealkylation sites (tertiary alicyclic amines) is 1. The highest BCUT2D eigenvalue weighted by Gasteiger charge is 2.33. The highest BCUT2D eigenvalue weighted by molar-refractivity contribution is 7.89. The van der Waals surface area contributed by atoms with Gasteiger partial charge in [0, 0.05) is 25.7 Å². The van der Waals surface area contributed by atoms with E-state index >= 15 is 0 Å². The molecule has 4 rings (SSSR count). The van der Waals surface area contributed by atoms with Crippen molar-refractivity contribution in [2.45, 2.75) is 37.0 Å². The number of benzene rings is 1. The van der Waals surface area contributed by atoms with E-state index in [2.05, 4.69) is 47.1 Å². The number of rotatable bonds is 7. The Morgan fingerprint density at radius 1 is 1.19 bits per heavy atom. The second kappa shape index (κ2) is 9.51. The summed E-state index contributed by atoms with van der Waals surface area (Å²) in [7, 11) is -3.52. The fourth-order valence-corrected chi connectivity index (χ4v) is 6.24. The average molecular weight is 442 g/mol. The SMILES string of the molecule is C=C[C@@H]1CCCN1CCc1ccc(C2=CCC(S(=O)(=O)N3CCNC(=O)C3)C=C2)cc1. The zero-order valence-corrected chi connectivity index (χ0v) is 18.7. The molecule has 1 amide bonds. The molecule has 166 valence electrons. The van der Waals surface area contributed by atoms with Gasteiger partial charge in [-0.25, -0.2) is 8.42 Å². The Bertz CT molecular complexity index is 982. The van der Waals surface area contributed by atoms with Crippen molar-refractivity contribution < 1.29 is 13.2 Å². The largest absolute Gasteiger partial charge is 0.354 e. The summed E-state index contributed by atoms with van der Waals surface area (Å²) in [5.41, 5.74) is 3.45. The van der Waals surface area contributed by atoms with Crippen LogP contribution in [0.1, 0.15) is 30.4 Å². The van der Waals surface area contributed by atoms with Gasteiger partial charge in [-0.15, -0.1) is 6.58 Å². The average Bonchev–Trinajstić information content (AvgIpc) is 3.26. The van der Waals surface area contributed by atoms with Crippen molar-refractivity contribution in [3.05, 3.63) is 66.3 Å². The highest BCUT2D eigenvalue weighted by atomic mass is 32.2. The third kappa shape index (κ3) is 5.00. The first kappa shape index (κ1) is 22.0. The number of carbonyl (C=O) groups is 1. The first-order valence-corrected chi connectivity index (χ1v) is 12.6. The van der Waals surface area contributed by atoms with E-state index < -0.39 is 15.3 Å². The van der Waals surface area contributed by atoms with Crippen molar-refractivity contribution in [2.75, 3.05) is 32.7 Å². The minimum Gasteiger partial charge on any atom is -0.354 e. The van der Waals surface area contributed by atoms with E-state index in [-0.39, 0.29) is 12.5 Å². The predicted octanol–water partition coefficient (Wildman–Crippen LogP) is 2.35. The Morgan fingerprint density at radius 3 is 2.68 bits per heavy atom. The predicted molar refractivity (Wildman–Crippen MR) is 124 cm³/mol. The number of sulfonamides is 1. The van der Waals surface area contributed by atoms with Gasteiger partial charge in [0.1, 0.15) is 0 Å². The number of hydrogen-bond acceptors (Lipinski definition) is 4. The summed E-state index contributed by atoms with van der Waals surface area (Å²) in [6, 6.07) is 9.07. The van der Waals surface area contributed by atoms with Gasteiger partial charge in [-0.2, -0.15) is 4.31 Å². The van der Waals surface area contributed by atoms with Crippen molar-refractivity contribution in [2.24, 2.45) is 0 Å². The van der Waals surface area contributed by atoms with E-state index in [1.54, 1.807) is 6.08 Å². The second-order valence-corrected chi connectivity index (χ2v) is 10.6. The molecule has 2 fully saturated rings. The Morgan fingerprint density at radius 2 is 2.00 bits per heavy atom. The monoisotopic (exact) mass is 441 g/mol. The fraction of sp³-hybridized carbons (Fsp3) is 0.458. The van der Waals surface area contributed by atoms with Crippen molar-refractivity contribution in [3.8, 4) is 0 Å². The van der Waals surface area contributed by atoms with Crippen LogP contribution in [0, 0.1) is 0 Å². The maximum Gasteiger partial charge on any atom is 0.235 e. The molecule has 0 bridgehead atoms. The van der Waals surface area contributed by atoms with Crippen LogP contribution < -0.4 is 5.32 Å². The third-order valence-electron chi connectivity index (χ3n) is 6.47. The molecule has 0 aromatic heterocycles. The molecule has 1 unspecified atom stereocenters. The van der Waals surface area contributed by atoms with Gasteiger partial charge in [0.15, 0.2) is 0 Å². The van der Waals surface area contributed by atoms with E-state index in [4.69, 9.17) is 0 Å². The molecule has 1 aliphatic carbocycles. The Balaban J connectivity index is 1.34. The van der Waals surface area contributed by atoms with Gasteiger partial charge in [-0.3, -0.25) is 9.69 Å². The molecule has 2 saturated heterocycles. The van der Waals surface area contributed by atoms with Crippen molar-refractivity contribution >= 4 is 21.5 Å². The lowest BCUT2D eigenvalue weighted by atomic mass is 9.98. The van der Waals surface area contributed by atoms with Crippen molar-refractivity contribution in [3.63, 3.8) is 0 Å². The summed E-state index contributed by atoms with van der Waals surface area (Å²) in [4.78, 5) is 14.1. The normalized spacial score (nSPS) is 25.3. The van der Waals surface area contributed by atoms with Crippen LogP contribution in [-0.4, -0.2) is 67.5 Å². The van der Waals surface area contributed by atoms with Gasteiger partial charge in [0.25, 0.3) is 0 Å². The van der Waals surface area contributed by atoms with Crippen molar-refractivity contribution in [1.29, 1.82) is 0 Å². The number of allylic oxidation sites excluding steroid dienone is 3. The first-order valence-electron chi connectivity index (χ1n) is 11.1. The minimum atomic E-state index is -3.52. The van der Waals surface area contributed by atoms with Crippen LogP contribution in [-0.2, 0) is 21.2 Å². The fourth-order valence-electron chi connectivity index (χ4n) is 4.59. The van der Waals surface area contributed by atoms with E-state index in [0.717, 1.165) is 30.6 Å². The van der Waals surface area contributed by atoms with Gasteiger partial charge in [-0.1, -0.05) is 48.6 Å². The van der Waals surface area contributed by atoms with Crippen LogP contribution in [0.2, 0.25) is 0 Å². The van der Waals surface area contributed by atoms with Crippen LogP contribution >= 0.6 is 0 Å². The van der Waals surface area contributed by atoms with Gasteiger partial charge >= 0.3 is 0 Å². The standard InChI is InChI=1S/C24H31N3O3S/c1-2-22-4-3-15-26(22)16-13-19-5-7-20(8-6-19)21-9-11-23(12-10-21)31(29,30)27-17-14-25-24(28)18-27/h2,5-11,22-23H,1,3-4,12-18H2,(H,25,28)/t22-,23?/m1/s1. The second-order valence-electron chi connectivity index (χ2n) is 8.45. The Labute approximate surface area is 185 Å². The van der Waals surface area contributed by atoms with E-state index in [1.807, 2.05) is 12.2 Å². The molecule has 31 heavy (non-hydrogen) atoms. The summed E-state index contributed by atoms with van der Waals surface area (Å²) in [6.07, 6.45) is 11.6. The maximum atomic E-state index is 12.9. The number of nitrogens with zero attached hydrogens (tertiary/aromatic N) is 2. The first-order chi connectivity index (χ1) is 15.0. The molecule has 2 atom stereocenters. The Hall–Kier alpha value is -2.22. The van der Waals surface area contributed by atoms with E-state index in [9.17, 15) is 13.2 Å². The van der Waals surface area contributed by atoms with Crippen molar-refractivity contribution in [1.82, 2.24) is 14.5 Å². The molecule has 7 heteroatoms. The molecule has 0 spiro atoms. The zero-order valence-electron chi connectivity index (χ0n) is 17.9. The number of amides is 1. The van der Waals surface area contributed by atoms with Crippen LogP contribution in [0.3, 0.4) is 0 Å². The van der Waals surface area contributed by atoms with Crippen LogP contribution in [0.4, 0.5) is 0 Å². The van der Waals surface area contributed by atoms with Gasteiger partial charge < -0.3 is 5.32 Å².